The van der Waals surface area contributed by atoms with Crippen molar-refractivity contribution in [3.63, 3.8) is 0 Å². The number of nitrogens with one attached hydrogen (secondary N) is 2. The zero-order valence-electron chi connectivity index (χ0n) is 15.1. The maximum atomic E-state index is 13.5. The molecule has 3 saturated heterocycles. The second kappa shape index (κ2) is 5.88. The minimum Gasteiger partial charge on any atom is -0.362 e. The van der Waals surface area contributed by atoms with E-state index in [1.807, 2.05) is 18.2 Å². The fraction of sp³-hybridized carbons (Fsp3) is 0.474. The Morgan fingerprint density at radius 3 is 2.63 bits per heavy atom. The number of carbonyl (C=O) groups excluding carboxylic acids is 2. The van der Waals surface area contributed by atoms with E-state index in [-0.39, 0.29) is 17.9 Å². The predicted molar refractivity (Wildman–Crippen MR) is 99.7 cm³/mol. The van der Waals surface area contributed by atoms with Crippen LogP contribution in [0.1, 0.15) is 31.1 Å². The van der Waals surface area contributed by atoms with Crippen LogP contribution in [0, 0.1) is 6.92 Å². The number of piperazine rings is 1. The van der Waals surface area contributed by atoms with E-state index in [1.54, 1.807) is 6.92 Å². The summed E-state index contributed by atoms with van der Waals surface area (Å²) in [4.78, 5) is 44.2. The van der Waals surface area contributed by atoms with Gasteiger partial charge in [0.2, 0.25) is 11.8 Å². The van der Waals surface area contributed by atoms with E-state index in [9.17, 15) is 14.4 Å². The van der Waals surface area contributed by atoms with Crippen molar-refractivity contribution in [1.82, 2.24) is 20.2 Å². The normalized spacial score (nSPS) is 27.4. The summed E-state index contributed by atoms with van der Waals surface area (Å²) in [6, 6.07) is 5.83. The fourth-order valence-electron chi connectivity index (χ4n) is 4.72. The van der Waals surface area contributed by atoms with E-state index < -0.39 is 11.9 Å². The quantitative estimate of drug-likeness (QED) is 0.738. The van der Waals surface area contributed by atoms with Crippen LogP contribution in [0.2, 0.25) is 0 Å². The van der Waals surface area contributed by atoms with Crippen LogP contribution in [-0.4, -0.2) is 46.5 Å². The number of hydrogen-bond donors (Lipinski definition) is 2. The number of benzene rings is 1. The minimum absolute atomic E-state index is 0.208. The van der Waals surface area contributed by atoms with Crippen molar-refractivity contribution in [3.05, 3.63) is 34.4 Å². The number of rotatable bonds is 2. The minimum atomic E-state index is -0.697. The number of fused-ring (bicyclic) bond motifs is 3. The third-order valence-electron chi connectivity index (χ3n) is 5.97. The standard InChI is InChI=1S/C19H21N5O3/c1-10-21-13-3-2-4-14(24-11-7-12(24)9-20-8-11)17(13)19(27)23(10)15-5-6-16(25)22-18(15)26/h2-4,11-12,15,20H,5-9H2,1H3,(H,22,25,26). The number of imide groups is 1. The number of hydrogen-bond acceptors (Lipinski definition) is 6. The third kappa shape index (κ3) is 2.39. The topological polar surface area (TPSA) is 96.3 Å². The fourth-order valence-corrected chi connectivity index (χ4v) is 4.72. The molecule has 0 spiro atoms. The van der Waals surface area contributed by atoms with Gasteiger partial charge >= 0.3 is 0 Å². The molecule has 3 fully saturated rings. The van der Waals surface area contributed by atoms with Gasteiger partial charge in [-0.25, -0.2) is 4.98 Å². The third-order valence-corrected chi connectivity index (χ3v) is 5.97. The lowest BCUT2D eigenvalue weighted by Crippen LogP contribution is -2.68. The molecular formula is C19H21N5O3. The summed E-state index contributed by atoms with van der Waals surface area (Å²) in [7, 11) is 0. The van der Waals surface area contributed by atoms with Crippen molar-refractivity contribution < 1.29 is 9.59 Å². The highest BCUT2D eigenvalue weighted by atomic mass is 16.2. The molecule has 3 unspecified atom stereocenters. The van der Waals surface area contributed by atoms with Crippen molar-refractivity contribution in [3.8, 4) is 0 Å². The number of anilines is 1. The van der Waals surface area contributed by atoms with Gasteiger partial charge < -0.3 is 10.2 Å². The van der Waals surface area contributed by atoms with Crippen LogP contribution in [0.3, 0.4) is 0 Å². The molecule has 3 atom stereocenters. The first kappa shape index (κ1) is 16.4. The van der Waals surface area contributed by atoms with Gasteiger partial charge in [-0.2, -0.15) is 0 Å². The maximum Gasteiger partial charge on any atom is 0.264 e. The van der Waals surface area contributed by atoms with Crippen LogP contribution < -0.4 is 21.1 Å². The van der Waals surface area contributed by atoms with Gasteiger partial charge in [-0.3, -0.25) is 24.3 Å². The number of carbonyl (C=O) groups is 2. The van der Waals surface area contributed by atoms with Gasteiger partial charge in [-0.05, 0) is 31.9 Å². The number of aryl methyl sites for hydroxylation is 1. The van der Waals surface area contributed by atoms with Gasteiger partial charge in [0.25, 0.3) is 5.56 Å². The molecule has 1 aromatic heterocycles. The highest BCUT2D eigenvalue weighted by Gasteiger charge is 2.42. The molecule has 2 N–H and O–H groups in total. The van der Waals surface area contributed by atoms with Crippen molar-refractivity contribution >= 4 is 28.4 Å². The number of piperidine rings is 2. The lowest BCUT2D eigenvalue weighted by atomic mass is 9.87. The molecule has 140 valence electrons. The molecule has 2 aromatic rings. The Labute approximate surface area is 155 Å². The number of amides is 2. The van der Waals surface area contributed by atoms with E-state index in [4.69, 9.17) is 0 Å². The van der Waals surface area contributed by atoms with Crippen LogP contribution in [-0.2, 0) is 9.59 Å². The summed E-state index contributed by atoms with van der Waals surface area (Å²) in [6.07, 6.45) is 1.67. The van der Waals surface area contributed by atoms with Crippen molar-refractivity contribution in [2.75, 3.05) is 18.0 Å². The molecule has 5 rings (SSSR count). The molecular weight excluding hydrogens is 346 g/mol. The van der Waals surface area contributed by atoms with E-state index in [1.165, 1.54) is 4.57 Å². The Bertz CT molecular complexity index is 1020. The van der Waals surface area contributed by atoms with E-state index in [0.29, 0.717) is 35.2 Å². The Kier molecular flexibility index (Phi) is 3.58. The molecule has 2 bridgehead atoms. The van der Waals surface area contributed by atoms with E-state index in [0.717, 1.165) is 25.2 Å². The van der Waals surface area contributed by atoms with E-state index in [2.05, 4.69) is 20.5 Å². The van der Waals surface area contributed by atoms with Gasteiger partial charge in [-0.15, -0.1) is 0 Å². The molecule has 3 aliphatic rings. The van der Waals surface area contributed by atoms with Gasteiger partial charge in [0, 0.05) is 31.6 Å². The average molecular weight is 367 g/mol. The van der Waals surface area contributed by atoms with Gasteiger partial charge in [-0.1, -0.05) is 6.07 Å². The Morgan fingerprint density at radius 1 is 1.15 bits per heavy atom. The molecule has 3 aliphatic heterocycles. The molecule has 0 radical (unpaired) electrons. The molecule has 8 nitrogen and oxygen atoms in total. The van der Waals surface area contributed by atoms with Crippen molar-refractivity contribution in [1.29, 1.82) is 0 Å². The Hall–Kier alpha value is -2.74. The molecule has 4 heterocycles. The summed E-state index contributed by atoms with van der Waals surface area (Å²) < 4.78 is 1.46. The smallest absolute Gasteiger partial charge is 0.264 e. The van der Waals surface area contributed by atoms with Gasteiger partial charge in [0.15, 0.2) is 0 Å². The molecule has 8 heteroatoms. The number of nitrogens with zero attached hydrogens (tertiary/aromatic N) is 3. The summed E-state index contributed by atoms with van der Waals surface area (Å²) in [5, 5.41) is 6.30. The SMILES string of the molecule is Cc1nc2cccc(N3C4CNCC3C4)c2c(=O)n1C1CCC(=O)NC1=O. The van der Waals surface area contributed by atoms with Crippen LogP contribution in [0.15, 0.2) is 23.0 Å². The van der Waals surface area contributed by atoms with Crippen LogP contribution >= 0.6 is 0 Å². The van der Waals surface area contributed by atoms with Crippen molar-refractivity contribution in [2.45, 2.75) is 44.3 Å². The second-order valence-electron chi connectivity index (χ2n) is 7.58. The van der Waals surface area contributed by atoms with E-state index >= 15 is 0 Å². The predicted octanol–water partition coefficient (Wildman–Crippen LogP) is 0.233. The van der Waals surface area contributed by atoms with Crippen LogP contribution in [0.4, 0.5) is 5.69 Å². The number of aromatic nitrogens is 2. The van der Waals surface area contributed by atoms with Crippen LogP contribution in [0.25, 0.3) is 10.9 Å². The maximum absolute atomic E-state index is 13.5. The molecule has 0 aliphatic carbocycles. The Morgan fingerprint density at radius 2 is 1.93 bits per heavy atom. The first-order valence-corrected chi connectivity index (χ1v) is 9.39. The average Bonchev–Trinajstić information content (AvgIpc) is 2.64. The molecule has 27 heavy (non-hydrogen) atoms. The van der Waals surface area contributed by atoms with Gasteiger partial charge in [0.05, 0.1) is 16.6 Å². The Balaban J connectivity index is 1.68. The van der Waals surface area contributed by atoms with Crippen molar-refractivity contribution in [2.24, 2.45) is 0 Å². The summed E-state index contributed by atoms with van der Waals surface area (Å²) in [6.45, 7) is 3.56. The zero-order chi connectivity index (χ0) is 18.7. The monoisotopic (exact) mass is 367 g/mol. The zero-order valence-corrected chi connectivity index (χ0v) is 15.1. The summed E-state index contributed by atoms with van der Waals surface area (Å²) in [5.41, 5.74) is 1.34. The molecule has 0 saturated carbocycles. The van der Waals surface area contributed by atoms with Crippen LogP contribution in [0.5, 0.6) is 0 Å². The molecule has 1 aromatic carbocycles. The van der Waals surface area contributed by atoms with Gasteiger partial charge in [0.1, 0.15) is 11.9 Å². The lowest BCUT2D eigenvalue weighted by molar-refractivity contribution is -0.135. The first-order chi connectivity index (χ1) is 13.0. The highest BCUT2D eigenvalue weighted by Crippen LogP contribution is 2.37. The summed E-state index contributed by atoms with van der Waals surface area (Å²) in [5.74, 6) is -0.234. The summed E-state index contributed by atoms with van der Waals surface area (Å²) >= 11 is 0. The first-order valence-electron chi connectivity index (χ1n) is 9.39. The highest BCUT2D eigenvalue weighted by molar-refractivity contribution is 6.00. The largest absolute Gasteiger partial charge is 0.362 e. The second-order valence-corrected chi connectivity index (χ2v) is 7.58. The molecule has 2 amide bonds. The lowest BCUT2D eigenvalue weighted by Gasteiger charge is -2.54.